The Morgan fingerprint density at radius 1 is 1.62 bits per heavy atom. The van der Waals surface area contributed by atoms with Crippen molar-refractivity contribution in [3.63, 3.8) is 0 Å². The lowest BCUT2D eigenvalue weighted by Crippen LogP contribution is -2.55. The molecule has 0 spiro atoms. The van der Waals surface area contributed by atoms with Gasteiger partial charge < -0.3 is 15.2 Å². The van der Waals surface area contributed by atoms with Crippen LogP contribution < -0.4 is 5.73 Å². The number of hydrogen-bond donors (Lipinski definition) is 1. The van der Waals surface area contributed by atoms with Crippen molar-refractivity contribution in [2.75, 3.05) is 39.2 Å². The number of nitrogens with two attached hydrogens (primary N) is 1. The van der Waals surface area contributed by atoms with Gasteiger partial charge in [0.15, 0.2) is 0 Å². The lowest BCUT2D eigenvalue weighted by Gasteiger charge is -2.32. The number of amides is 1. The van der Waals surface area contributed by atoms with E-state index in [1.165, 1.54) is 7.11 Å². The summed E-state index contributed by atoms with van der Waals surface area (Å²) in [6.07, 6.45) is 0. The number of rotatable bonds is 5. The molecule has 0 aromatic rings. The van der Waals surface area contributed by atoms with Crippen molar-refractivity contribution in [2.24, 2.45) is 5.73 Å². The van der Waals surface area contributed by atoms with Gasteiger partial charge in [-0.3, -0.25) is 4.79 Å². The molecule has 7 nitrogen and oxygen atoms in total. The summed E-state index contributed by atoms with van der Waals surface area (Å²) in [5.41, 5.74) is 5.13. The van der Waals surface area contributed by atoms with E-state index in [0.717, 1.165) is 4.31 Å². The van der Waals surface area contributed by atoms with Gasteiger partial charge in [-0.15, -0.1) is 0 Å². The highest BCUT2D eigenvalue weighted by Crippen LogP contribution is 2.12. The van der Waals surface area contributed by atoms with Crippen molar-refractivity contribution in [1.29, 1.82) is 0 Å². The van der Waals surface area contributed by atoms with Crippen molar-refractivity contribution in [3.8, 4) is 0 Å². The molecule has 0 aromatic carbocycles. The molecular weight excluding hydrogens is 236 g/mol. The fraction of sp³-hybridized carbons (Fsp3) is 0.875. The lowest BCUT2D eigenvalue weighted by molar-refractivity contribution is -0.125. The van der Waals surface area contributed by atoms with Gasteiger partial charge in [0.05, 0.1) is 25.6 Å². The summed E-state index contributed by atoms with van der Waals surface area (Å²) in [6, 6.07) is -0.907. The molecule has 1 amide bonds. The van der Waals surface area contributed by atoms with Crippen LogP contribution in [0, 0.1) is 0 Å². The predicted octanol–water partition coefficient (Wildman–Crippen LogP) is -1.85. The Morgan fingerprint density at radius 3 is 2.88 bits per heavy atom. The van der Waals surface area contributed by atoms with Crippen LogP contribution in [0.2, 0.25) is 0 Å². The summed E-state index contributed by atoms with van der Waals surface area (Å²) in [7, 11) is -2.10. The third kappa shape index (κ3) is 3.14. The van der Waals surface area contributed by atoms with Crippen LogP contribution in [-0.4, -0.2) is 63.9 Å². The zero-order chi connectivity index (χ0) is 12.2. The topological polar surface area (TPSA) is 98.9 Å². The number of carbonyl (C=O) groups excluding carboxylic acids is 1. The van der Waals surface area contributed by atoms with E-state index in [9.17, 15) is 13.2 Å². The average Bonchev–Trinajstić information content (AvgIpc) is 2.26. The molecular formula is C8H16N2O5S. The summed E-state index contributed by atoms with van der Waals surface area (Å²) in [5.74, 6) is -0.853. The minimum atomic E-state index is -3.51. The van der Waals surface area contributed by atoms with Crippen LogP contribution in [0.15, 0.2) is 0 Å². The Labute approximate surface area is 94.5 Å². The van der Waals surface area contributed by atoms with E-state index in [1.807, 2.05) is 0 Å². The minimum Gasteiger partial charge on any atom is -0.384 e. The van der Waals surface area contributed by atoms with Crippen molar-refractivity contribution in [3.05, 3.63) is 0 Å². The summed E-state index contributed by atoms with van der Waals surface area (Å²) in [4.78, 5) is 11.1. The van der Waals surface area contributed by atoms with Crippen LogP contribution >= 0.6 is 0 Å². The molecule has 0 aromatic heterocycles. The lowest BCUT2D eigenvalue weighted by atomic mass is 10.3. The van der Waals surface area contributed by atoms with Gasteiger partial charge in [0, 0.05) is 13.7 Å². The first kappa shape index (κ1) is 13.4. The van der Waals surface area contributed by atoms with Gasteiger partial charge in [-0.1, -0.05) is 0 Å². The van der Waals surface area contributed by atoms with Crippen LogP contribution in [-0.2, 0) is 24.3 Å². The third-order valence-electron chi connectivity index (χ3n) is 2.31. The number of sulfonamides is 1. The normalized spacial score (nSPS) is 23.2. The summed E-state index contributed by atoms with van der Waals surface area (Å²) in [6.45, 7) is 0.530. The first-order valence-corrected chi connectivity index (χ1v) is 6.45. The maximum atomic E-state index is 11.8. The largest absolute Gasteiger partial charge is 0.384 e. The van der Waals surface area contributed by atoms with E-state index >= 15 is 0 Å². The first-order chi connectivity index (χ1) is 7.49. The van der Waals surface area contributed by atoms with Gasteiger partial charge >= 0.3 is 0 Å². The van der Waals surface area contributed by atoms with Crippen LogP contribution in [0.25, 0.3) is 0 Å². The molecule has 16 heavy (non-hydrogen) atoms. The van der Waals surface area contributed by atoms with E-state index in [1.54, 1.807) is 0 Å². The number of ether oxygens (including phenoxy) is 2. The molecule has 1 saturated heterocycles. The van der Waals surface area contributed by atoms with E-state index in [2.05, 4.69) is 0 Å². The van der Waals surface area contributed by atoms with E-state index in [-0.39, 0.29) is 32.1 Å². The van der Waals surface area contributed by atoms with Gasteiger partial charge in [0.1, 0.15) is 6.04 Å². The molecule has 1 heterocycles. The molecule has 2 N–H and O–H groups in total. The Morgan fingerprint density at radius 2 is 2.31 bits per heavy atom. The molecule has 8 heteroatoms. The van der Waals surface area contributed by atoms with E-state index in [0.29, 0.717) is 0 Å². The molecule has 0 bridgehead atoms. The summed E-state index contributed by atoms with van der Waals surface area (Å²) < 4.78 is 34.5. The van der Waals surface area contributed by atoms with Gasteiger partial charge in [0.25, 0.3) is 0 Å². The van der Waals surface area contributed by atoms with Crippen molar-refractivity contribution in [2.45, 2.75) is 6.04 Å². The average molecular weight is 252 g/mol. The zero-order valence-corrected chi connectivity index (χ0v) is 9.90. The highest BCUT2D eigenvalue weighted by Gasteiger charge is 2.35. The third-order valence-corrected chi connectivity index (χ3v) is 4.14. The zero-order valence-electron chi connectivity index (χ0n) is 9.09. The standard InChI is InChI=1S/C8H16N2O5S/c1-14-4-5-16(12,13)10-2-3-15-6-7(10)8(9)11/h7H,2-6H2,1H3,(H2,9,11). The molecule has 1 unspecified atom stereocenters. The molecule has 0 saturated carbocycles. The van der Waals surface area contributed by atoms with Crippen molar-refractivity contribution >= 4 is 15.9 Å². The highest BCUT2D eigenvalue weighted by atomic mass is 32.2. The maximum Gasteiger partial charge on any atom is 0.238 e. The number of morpholine rings is 1. The van der Waals surface area contributed by atoms with Crippen LogP contribution in [0.4, 0.5) is 0 Å². The Hall–Kier alpha value is -0.700. The quantitative estimate of drug-likeness (QED) is 0.619. The first-order valence-electron chi connectivity index (χ1n) is 4.84. The van der Waals surface area contributed by atoms with Gasteiger partial charge in [-0.05, 0) is 0 Å². The van der Waals surface area contributed by atoms with Crippen LogP contribution in [0.5, 0.6) is 0 Å². The van der Waals surface area contributed by atoms with Crippen LogP contribution in [0.1, 0.15) is 0 Å². The molecule has 1 fully saturated rings. The number of nitrogens with zero attached hydrogens (tertiary/aromatic N) is 1. The highest BCUT2D eigenvalue weighted by molar-refractivity contribution is 7.89. The summed E-state index contributed by atoms with van der Waals surface area (Å²) in [5, 5.41) is 0. The minimum absolute atomic E-state index is 0.0154. The number of carbonyl (C=O) groups is 1. The molecule has 1 aliphatic rings. The molecule has 1 aliphatic heterocycles. The second-order valence-electron chi connectivity index (χ2n) is 3.41. The smallest absolute Gasteiger partial charge is 0.238 e. The predicted molar refractivity (Wildman–Crippen MR) is 56.2 cm³/mol. The van der Waals surface area contributed by atoms with Crippen molar-refractivity contribution in [1.82, 2.24) is 4.31 Å². The van der Waals surface area contributed by atoms with Crippen molar-refractivity contribution < 1.29 is 22.7 Å². The molecule has 0 radical (unpaired) electrons. The molecule has 0 aliphatic carbocycles. The maximum absolute atomic E-state index is 11.8. The van der Waals surface area contributed by atoms with Gasteiger partial charge in [-0.25, -0.2) is 8.42 Å². The van der Waals surface area contributed by atoms with Gasteiger partial charge in [-0.2, -0.15) is 4.31 Å². The van der Waals surface area contributed by atoms with E-state index in [4.69, 9.17) is 15.2 Å². The Bertz CT molecular complexity index is 342. The number of methoxy groups -OCH3 is 1. The fourth-order valence-corrected chi connectivity index (χ4v) is 2.97. The van der Waals surface area contributed by atoms with Gasteiger partial charge in [0.2, 0.25) is 15.9 Å². The molecule has 1 atom stereocenters. The molecule has 94 valence electrons. The van der Waals surface area contributed by atoms with E-state index < -0.39 is 22.0 Å². The Balaban J connectivity index is 2.78. The second-order valence-corrected chi connectivity index (χ2v) is 5.45. The molecule has 1 rings (SSSR count). The van der Waals surface area contributed by atoms with Crippen LogP contribution in [0.3, 0.4) is 0 Å². The number of hydrogen-bond acceptors (Lipinski definition) is 5. The fourth-order valence-electron chi connectivity index (χ4n) is 1.45. The summed E-state index contributed by atoms with van der Waals surface area (Å²) >= 11 is 0. The SMILES string of the molecule is COCCS(=O)(=O)N1CCOCC1C(N)=O. The monoisotopic (exact) mass is 252 g/mol. The number of primary amides is 1. The Kier molecular flexibility index (Phi) is 4.66. The second kappa shape index (κ2) is 5.58.